The zero-order chi connectivity index (χ0) is 37.1. The maximum atomic E-state index is 15.1. The van der Waals surface area contributed by atoms with Crippen LogP contribution in [0.5, 0.6) is 5.75 Å². The van der Waals surface area contributed by atoms with Gasteiger partial charge < -0.3 is 19.5 Å². The van der Waals surface area contributed by atoms with Gasteiger partial charge in [-0.1, -0.05) is 25.7 Å². The quantitative estimate of drug-likeness (QED) is 0.219. The van der Waals surface area contributed by atoms with Gasteiger partial charge in [0.2, 0.25) is 5.91 Å². The molecule has 0 saturated heterocycles. The summed E-state index contributed by atoms with van der Waals surface area (Å²) in [6.45, 7) is 16.7. The summed E-state index contributed by atoms with van der Waals surface area (Å²) < 4.78 is 76.9. The monoisotopic (exact) mass is 725 g/mol. The molecule has 0 unspecified atom stereocenters. The standard InChI is InChI=1S/C34H49F2N3O8SSi/c1-11-45-24-14-15-25-22(19-24)16-18-38(29(25)31(41)37-23-20-26(35)30(27(36)21-23)49(8,9)10)48(43,44)39(32(42)47-34(5,6)7)17-12-13-28(40)46-33(2,3)4/h14-15,19-21,29H,11-13,16-18H2,1-10H3,(H,37,41)/t29-/m1/s1. The molecular formula is C34H49F2N3O8SSi. The van der Waals surface area contributed by atoms with Gasteiger partial charge in [-0.25, -0.2) is 13.6 Å². The molecule has 11 nitrogen and oxygen atoms in total. The van der Waals surface area contributed by atoms with Crippen molar-refractivity contribution in [2.45, 2.75) is 105 Å². The van der Waals surface area contributed by atoms with Gasteiger partial charge in [0.1, 0.15) is 34.6 Å². The molecular weight excluding hydrogens is 677 g/mol. The van der Waals surface area contributed by atoms with E-state index < -0.39 is 71.7 Å². The van der Waals surface area contributed by atoms with Crippen molar-refractivity contribution in [1.29, 1.82) is 0 Å². The van der Waals surface area contributed by atoms with Crippen molar-refractivity contribution in [2.75, 3.05) is 25.0 Å². The largest absolute Gasteiger partial charge is 0.494 e. The molecule has 1 atom stereocenters. The number of nitrogens with zero attached hydrogens (tertiary/aromatic N) is 2. The highest BCUT2D eigenvalue weighted by molar-refractivity contribution is 7.87. The summed E-state index contributed by atoms with van der Waals surface area (Å²) in [5.74, 6) is -2.59. The fraction of sp³-hybridized carbons (Fsp3) is 0.559. The lowest BCUT2D eigenvalue weighted by atomic mass is 9.93. The van der Waals surface area contributed by atoms with Crippen molar-refractivity contribution in [3.63, 3.8) is 0 Å². The Bertz CT molecular complexity index is 1640. The van der Waals surface area contributed by atoms with Crippen LogP contribution in [0.4, 0.5) is 19.3 Å². The van der Waals surface area contributed by atoms with Gasteiger partial charge in [0.05, 0.1) is 14.7 Å². The van der Waals surface area contributed by atoms with Crippen LogP contribution in [0.2, 0.25) is 19.6 Å². The van der Waals surface area contributed by atoms with Crippen molar-refractivity contribution in [1.82, 2.24) is 8.61 Å². The lowest BCUT2D eigenvalue weighted by Crippen LogP contribution is -2.53. The third-order valence-electron chi connectivity index (χ3n) is 7.25. The minimum absolute atomic E-state index is 0.0273. The van der Waals surface area contributed by atoms with Gasteiger partial charge >= 0.3 is 22.3 Å². The van der Waals surface area contributed by atoms with Gasteiger partial charge in [0, 0.05) is 30.4 Å². The van der Waals surface area contributed by atoms with Crippen LogP contribution in [0.1, 0.15) is 78.5 Å². The van der Waals surface area contributed by atoms with Crippen molar-refractivity contribution in [3.8, 4) is 5.75 Å². The first kappa shape index (κ1) is 39.9. The SMILES string of the molecule is CCOc1ccc2c(c1)CCN(S(=O)(=O)N(CCCC(=O)OC(C)(C)C)C(=O)OC(C)(C)C)[C@H]2C(=O)Nc1cc(F)c([Si](C)(C)C)c(F)c1. The molecule has 0 saturated carbocycles. The molecule has 1 aliphatic heterocycles. The Morgan fingerprint density at radius 2 is 1.57 bits per heavy atom. The van der Waals surface area contributed by atoms with E-state index in [4.69, 9.17) is 14.2 Å². The number of amides is 2. The molecule has 1 heterocycles. The summed E-state index contributed by atoms with van der Waals surface area (Å²) in [6, 6.07) is 5.33. The topological polar surface area (TPSA) is 132 Å². The van der Waals surface area contributed by atoms with Gasteiger partial charge in [-0.15, -0.1) is 0 Å². The Balaban J connectivity index is 2.07. The smallest absolute Gasteiger partial charge is 0.425 e. The number of fused-ring (bicyclic) bond motifs is 1. The highest BCUT2D eigenvalue weighted by Crippen LogP contribution is 2.36. The Hall–Kier alpha value is -3.56. The molecule has 2 aromatic rings. The number of halogens is 2. The molecule has 49 heavy (non-hydrogen) atoms. The molecule has 2 amide bonds. The lowest BCUT2D eigenvalue weighted by Gasteiger charge is -2.38. The number of hydrogen-bond acceptors (Lipinski definition) is 8. The number of nitrogens with one attached hydrogen (secondary N) is 1. The summed E-state index contributed by atoms with van der Waals surface area (Å²) >= 11 is 0. The molecule has 1 aliphatic rings. The fourth-order valence-electron chi connectivity index (χ4n) is 5.43. The highest BCUT2D eigenvalue weighted by Gasteiger charge is 2.45. The van der Waals surface area contributed by atoms with Gasteiger partial charge in [-0.05, 0) is 96.7 Å². The number of carbonyl (C=O) groups is 3. The predicted octanol–water partition coefficient (Wildman–Crippen LogP) is 6.05. The van der Waals surface area contributed by atoms with Crippen LogP contribution in [-0.4, -0.2) is 74.0 Å². The second-order valence-electron chi connectivity index (χ2n) is 14.9. The molecule has 0 spiro atoms. The molecule has 1 N–H and O–H groups in total. The van der Waals surface area contributed by atoms with Crippen LogP contribution < -0.4 is 15.2 Å². The fourth-order valence-corrected chi connectivity index (χ4v) is 8.64. The third kappa shape index (κ3) is 10.5. The summed E-state index contributed by atoms with van der Waals surface area (Å²) in [7, 11) is -7.24. The van der Waals surface area contributed by atoms with Crippen molar-refractivity contribution in [3.05, 3.63) is 53.1 Å². The maximum absolute atomic E-state index is 15.1. The molecule has 2 aromatic carbocycles. The molecule has 0 aliphatic carbocycles. The highest BCUT2D eigenvalue weighted by atomic mass is 32.2. The van der Waals surface area contributed by atoms with E-state index in [9.17, 15) is 22.8 Å². The second kappa shape index (κ2) is 15.1. The number of esters is 1. The minimum Gasteiger partial charge on any atom is -0.494 e. The van der Waals surface area contributed by atoms with E-state index in [2.05, 4.69) is 5.32 Å². The summed E-state index contributed by atoms with van der Waals surface area (Å²) in [6.07, 6.45) is -1.31. The van der Waals surface area contributed by atoms with E-state index in [0.717, 1.165) is 16.4 Å². The van der Waals surface area contributed by atoms with E-state index in [1.54, 1.807) is 79.4 Å². The average Bonchev–Trinajstić information content (AvgIpc) is 2.91. The zero-order valence-corrected chi connectivity index (χ0v) is 31.8. The normalized spacial score (nSPS) is 15.6. The molecule has 272 valence electrons. The van der Waals surface area contributed by atoms with E-state index in [1.165, 1.54) is 0 Å². The van der Waals surface area contributed by atoms with E-state index in [-0.39, 0.29) is 36.7 Å². The summed E-state index contributed by atoms with van der Waals surface area (Å²) in [5, 5.41) is 2.48. The van der Waals surface area contributed by atoms with Gasteiger partial charge in [0.15, 0.2) is 0 Å². The number of ether oxygens (including phenoxy) is 3. The number of carbonyl (C=O) groups excluding carboxylic acids is 3. The first-order valence-corrected chi connectivity index (χ1v) is 21.1. The van der Waals surface area contributed by atoms with Crippen LogP contribution in [0, 0.1) is 11.6 Å². The maximum Gasteiger partial charge on any atom is 0.425 e. The Morgan fingerprint density at radius 1 is 0.980 bits per heavy atom. The molecule has 0 radical (unpaired) electrons. The summed E-state index contributed by atoms with van der Waals surface area (Å²) in [4.78, 5) is 39.9. The van der Waals surface area contributed by atoms with Crippen molar-refractivity contribution < 1.29 is 45.8 Å². The third-order valence-corrected chi connectivity index (χ3v) is 11.1. The first-order valence-electron chi connectivity index (χ1n) is 16.2. The van der Waals surface area contributed by atoms with E-state index in [1.807, 2.05) is 6.92 Å². The first-order chi connectivity index (χ1) is 22.4. The van der Waals surface area contributed by atoms with Crippen LogP contribution in [0.25, 0.3) is 0 Å². The van der Waals surface area contributed by atoms with Gasteiger partial charge in [-0.3, -0.25) is 9.59 Å². The zero-order valence-electron chi connectivity index (χ0n) is 30.0. The molecule has 15 heteroatoms. The number of rotatable bonds is 11. The van der Waals surface area contributed by atoms with Crippen LogP contribution in [-0.2, 0) is 35.7 Å². The number of benzene rings is 2. The summed E-state index contributed by atoms with van der Waals surface area (Å²) in [5.41, 5.74) is -1.11. The van der Waals surface area contributed by atoms with E-state index in [0.29, 0.717) is 27.8 Å². The predicted molar refractivity (Wildman–Crippen MR) is 186 cm³/mol. The average molecular weight is 726 g/mol. The van der Waals surface area contributed by atoms with Crippen molar-refractivity contribution in [2.24, 2.45) is 0 Å². The Morgan fingerprint density at radius 3 is 2.10 bits per heavy atom. The molecule has 0 fully saturated rings. The van der Waals surface area contributed by atoms with Crippen LogP contribution in [0.15, 0.2) is 30.3 Å². The van der Waals surface area contributed by atoms with Crippen molar-refractivity contribution >= 4 is 47.1 Å². The second-order valence-corrected chi connectivity index (χ2v) is 21.7. The molecule has 0 bridgehead atoms. The number of hydrogen-bond donors (Lipinski definition) is 1. The van der Waals surface area contributed by atoms with Crippen LogP contribution in [0.3, 0.4) is 0 Å². The molecule has 0 aromatic heterocycles. The van der Waals surface area contributed by atoms with Crippen LogP contribution >= 0.6 is 0 Å². The Kier molecular flexibility index (Phi) is 12.3. The molecule has 3 rings (SSSR count). The van der Waals surface area contributed by atoms with Gasteiger partial charge in [0.25, 0.3) is 0 Å². The van der Waals surface area contributed by atoms with Gasteiger partial charge in [-0.2, -0.15) is 17.0 Å². The number of anilines is 1. The Labute approximate surface area is 289 Å². The minimum atomic E-state index is -4.82. The van der Waals surface area contributed by atoms with E-state index >= 15 is 8.78 Å². The lowest BCUT2D eigenvalue weighted by molar-refractivity contribution is -0.155.